The summed E-state index contributed by atoms with van der Waals surface area (Å²) in [5.41, 5.74) is 3.60. The van der Waals surface area contributed by atoms with Gasteiger partial charge in [0.25, 0.3) is 5.91 Å². The molecule has 3 aliphatic rings. The number of aryl methyl sites for hydroxylation is 2. The van der Waals surface area contributed by atoms with Crippen LogP contribution in [0.5, 0.6) is 0 Å². The van der Waals surface area contributed by atoms with Crippen LogP contribution in [0.15, 0.2) is 61.2 Å². The Balaban J connectivity index is 0.000000178. The molecule has 72 heavy (non-hydrogen) atoms. The summed E-state index contributed by atoms with van der Waals surface area (Å²) >= 11 is 12.1. The molecular weight excluding hydrogens is 982 g/mol. The first-order chi connectivity index (χ1) is 34.9. The van der Waals surface area contributed by atoms with Gasteiger partial charge in [-0.15, -0.1) is 10.2 Å². The van der Waals surface area contributed by atoms with Crippen LogP contribution in [0.25, 0.3) is 0 Å². The molecule has 0 radical (unpaired) electrons. The molecule has 2 aromatic carbocycles. The molecule has 372 valence electrons. The number of fused-ring (bicyclic) bond motifs is 2. The molecule has 18 nitrogen and oxygen atoms in total. The number of hydrogen-bond acceptors (Lipinski definition) is 16. The highest BCUT2D eigenvalue weighted by Gasteiger charge is 2.30. The maximum Gasteiger partial charge on any atom is 0.301 e. The standard InChI is InChI=1S/C24H19ClF2N8O2.C24H26ClF2N7O/c25-22-15(16(26)6-7-17(22)27)13-34-9-2-1-5-18-23(34)30-19(12-29-18)24(37)35-21(31-32-33-35)10-20(36)14-4-3-8-28-11-14;1-15-16(24(35)34-21(29-30-31-34)14-32-9-3-2-4-10-32)12-28-20-6-5-11-33(23(15)20)13-17-18(26)7-8-19(27)22(17)25/h3-4,6-8,11-12H,1-2,5,9-10,13H2;7-8,12H,2-6,9-11,13-14H2,1H3. The molecule has 0 N–H and O–H groups in total. The third-order valence-electron chi connectivity index (χ3n) is 12.8. The number of nitrogens with zero attached hydrogens (tertiary/aromatic N) is 15. The lowest BCUT2D eigenvalue weighted by molar-refractivity contribution is 0.0921. The van der Waals surface area contributed by atoms with E-state index in [0.29, 0.717) is 60.1 Å². The van der Waals surface area contributed by atoms with E-state index in [9.17, 15) is 31.9 Å². The van der Waals surface area contributed by atoms with Crippen LogP contribution in [-0.2, 0) is 38.9 Å². The van der Waals surface area contributed by atoms with E-state index in [1.165, 1.54) is 23.5 Å². The van der Waals surface area contributed by atoms with Crippen LogP contribution in [0.1, 0.15) is 109 Å². The predicted octanol–water partition coefficient (Wildman–Crippen LogP) is 7.18. The number of hydrogen-bond donors (Lipinski definition) is 0. The van der Waals surface area contributed by atoms with Crippen LogP contribution in [0, 0.1) is 30.2 Å². The zero-order valence-corrected chi connectivity index (χ0v) is 40.3. The Morgan fingerprint density at radius 3 is 1.94 bits per heavy atom. The predicted molar refractivity (Wildman–Crippen MR) is 254 cm³/mol. The minimum atomic E-state index is -0.727. The second kappa shape index (κ2) is 22.1. The van der Waals surface area contributed by atoms with Gasteiger partial charge in [-0.25, -0.2) is 22.5 Å². The molecule has 24 heteroatoms. The minimum absolute atomic E-state index is 0.00952. The topological polar surface area (TPSA) is 200 Å². The maximum atomic E-state index is 14.5. The van der Waals surface area contributed by atoms with Crippen molar-refractivity contribution in [2.75, 3.05) is 36.0 Å². The fourth-order valence-electron chi connectivity index (χ4n) is 9.02. The molecule has 0 spiro atoms. The van der Waals surface area contributed by atoms with Crippen LogP contribution >= 0.6 is 23.2 Å². The number of likely N-dealkylation sites (tertiary alicyclic amines) is 1. The summed E-state index contributed by atoms with van der Waals surface area (Å²) in [4.78, 5) is 62.7. The maximum absolute atomic E-state index is 14.5. The number of piperidine rings is 1. The van der Waals surface area contributed by atoms with Crippen molar-refractivity contribution in [3.05, 3.63) is 151 Å². The Morgan fingerprint density at radius 1 is 0.639 bits per heavy atom. The number of tetrazole rings is 2. The van der Waals surface area contributed by atoms with Gasteiger partial charge in [0.2, 0.25) is 0 Å². The van der Waals surface area contributed by atoms with Crippen molar-refractivity contribution >= 4 is 52.3 Å². The van der Waals surface area contributed by atoms with Crippen LogP contribution < -0.4 is 9.80 Å². The number of Topliss-reactive ketones (excluding diaryl/α,β-unsaturated/α-hetero) is 1. The van der Waals surface area contributed by atoms with Crippen molar-refractivity contribution < 1.29 is 31.9 Å². The van der Waals surface area contributed by atoms with E-state index in [0.717, 1.165) is 91.9 Å². The molecule has 0 atom stereocenters. The summed E-state index contributed by atoms with van der Waals surface area (Å²) in [6.07, 6.45) is 12.7. The third-order valence-corrected chi connectivity index (χ3v) is 13.6. The molecule has 10 rings (SSSR count). The minimum Gasteiger partial charge on any atom is -0.365 e. The van der Waals surface area contributed by atoms with Crippen molar-refractivity contribution in [1.82, 2.24) is 65.3 Å². The number of rotatable bonds is 11. The molecule has 0 unspecified atom stereocenters. The summed E-state index contributed by atoms with van der Waals surface area (Å²) < 4.78 is 59.2. The molecule has 5 aromatic heterocycles. The van der Waals surface area contributed by atoms with E-state index in [1.807, 2.05) is 11.8 Å². The second-order valence-corrected chi connectivity index (χ2v) is 18.2. The highest BCUT2D eigenvalue weighted by atomic mass is 35.5. The van der Waals surface area contributed by atoms with Crippen molar-refractivity contribution in [3.63, 3.8) is 0 Å². The van der Waals surface area contributed by atoms with Crippen molar-refractivity contribution in [2.24, 2.45) is 0 Å². The molecule has 0 aliphatic carbocycles. The highest BCUT2D eigenvalue weighted by Crippen LogP contribution is 2.35. The van der Waals surface area contributed by atoms with Gasteiger partial charge in [-0.2, -0.15) is 9.36 Å². The van der Waals surface area contributed by atoms with E-state index < -0.39 is 29.2 Å². The van der Waals surface area contributed by atoms with Crippen LogP contribution in [-0.4, -0.2) is 109 Å². The summed E-state index contributed by atoms with van der Waals surface area (Å²) in [7, 11) is 0. The van der Waals surface area contributed by atoms with Crippen molar-refractivity contribution in [2.45, 2.75) is 84.3 Å². The average Bonchev–Trinajstić information content (AvgIpc) is 4.02. The van der Waals surface area contributed by atoms with E-state index in [-0.39, 0.29) is 63.9 Å². The first-order valence-electron chi connectivity index (χ1n) is 23.2. The third kappa shape index (κ3) is 10.7. The molecular formula is C48H45Cl2F4N15O3. The summed E-state index contributed by atoms with van der Waals surface area (Å²) in [6, 6.07) is 7.31. The normalized spacial score (nSPS) is 14.8. The van der Waals surface area contributed by atoms with Gasteiger partial charge in [0.15, 0.2) is 28.9 Å². The fraction of sp³-hybridized carbons (Fsp3) is 0.354. The molecule has 1 saturated heterocycles. The summed E-state index contributed by atoms with van der Waals surface area (Å²) in [6.45, 7) is 5.33. The summed E-state index contributed by atoms with van der Waals surface area (Å²) in [5, 5.41) is 22.4. The molecule has 3 aliphatic heterocycles. The Labute approximate surface area is 419 Å². The monoisotopic (exact) mass is 1030 g/mol. The van der Waals surface area contributed by atoms with E-state index in [1.54, 1.807) is 29.4 Å². The quantitative estimate of drug-likeness (QED) is 0.0546. The molecule has 0 amide bonds. The first kappa shape index (κ1) is 49.8. The smallest absolute Gasteiger partial charge is 0.301 e. The van der Waals surface area contributed by atoms with Crippen molar-refractivity contribution in [3.8, 4) is 0 Å². The Kier molecular flexibility index (Phi) is 15.3. The van der Waals surface area contributed by atoms with Crippen LogP contribution in [0.2, 0.25) is 10.0 Å². The van der Waals surface area contributed by atoms with E-state index in [4.69, 9.17) is 23.2 Å². The zero-order valence-electron chi connectivity index (χ0n) is 38.8. The number of carbonyl (C=O) groups excluding carboxylic acids is 3. The number of aromatic nitrogens is 12. The number of carbonyl (C=O) groups is 3. The van der Waals surface area contributed by atoms with Gasteiger partial charge in [0.05, 0.1) is 51.8 Å². The van der Waals surface area contributed by atoms with Gasteiger partial charge in [-0.05, 0) is 128 Å². The van der Waals surface area contributed by atoms with E-state index in [2.05, 4.69) is 55.9 Å². The van der Waals surface area contributed by atoms with E-state index >= 15 is 0 Å². The van der Waals surface area contributed by atoms with Gasteiger partial charge < -0.3 is 9.80 Å². The lowest BCUT2D eigenvalue weighted by atomic mass is 9.99. The summed E-state index contributed by atoms with van der Waals surface area (Å²) in [5.74, 6) is -3.10. The molecule has 0 saturated carbocycles. The van der Waals surface area contributed by atoms with Gasteiger partial charge in [0, 0.05) is 61.5 Å². The molecule has 7 aromatic rings. The van der Waals surface area contributed by atoms with Gasteiger partial charge >= 0.3 is 5.91 Å². The Hall–Kier alpha value is -7.17. The largest absolute Gasteiger partial charge is 0.365 e. The fourth-order valence-corrected chi connectivity index (χ4v) is 9.45. The SMILES string of the molecule is Cc1c(C(=O)n2nnnc2CN2CCCCC2)cnc2c1N(Cc1c(F)ccc(F)c1Cl)CCC2.O=C(Cc1nnnn1C(=O)c1cnc2c(n1)N(Cc1c(F)ccc(F)c1Cl)CCCC2)c1cccnc1. The van der Waals surface area contributed by atoms with Crippen molar-refractivity contribution in [1.29, 1.82) is 0 Å². The van der Waals surface area contributed by atoms with Crippen LogP contribution in [0.3, 0.4) is 0 Å². The number of pyridine rings is 2. The highest BCUT2D eigenvalue weighted by molar-refractivity contribution is 6.31. The zero-order chi connectivity index (χ0) is 50.5. The lowest BCUT2D eigenvalue weighted by Gasteiger charge is -2.33. The number of anilines is 2. The van der Waals surface area contributed by atoms with Gasteiger partial charge in [-0.3, -0.25) is 34.2 Å². The average molecular weight is 1030 g/mol. The second-order valence-electron chi connectivity index (χ2n) is 17.5. The lowest BCUT2D eigenvalue weighted by Crippen LogP contribution is -2.33. The van der Waals surface area contributed by atoms with Gasteiger partial charge in [-0.1, -0.05) is 29.6 Å². The first-order valence-corrected chi connectivity index (χ1v) is 24.0. The Bertz CT molecular complexity index is 3150. The van der Waals surface area contributed by atoms with Gasteiger partial charge in [0.1, 0.15) is 23.3 Å². The molecule has 8 heterocycles. The number of ketones is 1. The van der Waals surface area contributed by atoms with Crippen LogP contribution in [0.4, 0.5) is 29.1 Å². The number of halogens is 6. The molecule has 1 fully saturated rings. The Morgan fingerprint density at radius 2 is 1.25 bits per heavy atom. The molecule has 0 bridgehead atoms. The number of benzene rings is 2.